The normalized spacial score (nSPS) is 20.8. The second-order valence-electron chi connectivity index (χ2n) is 6.84. The van der Waals surface area contributed by atoms with Gasteiger partial charge >= 0.3 is 5.97 Å². The van der Waals surface area contributed by atoms with Crippen LogP contribution in [0.5, 0.6) is 0 Å². The number of β-lactam (4-membered cyclic amide) rings is 1. The number of anilines is 1. The number of hydrogen-bond acceptors (Lipinski definition) is 11. The van der Waals surface area contributed by atoms with Gasteiger partial charge in [-0.3, -0.25) is 24.1 Å². The molecule has 32 heavy (non-hydrogen) atoms. The predicted molar refractivity (Wildman–Crippen MR) is 116 cm³/mol. The Hall–Kier alpha value is -3.52. The number of carboxylic acid groups (broad SMARTS) is 1. The molecule has 2 aliphatic heterocycles. The van der Waals surface area contributed by atoms with Crippen LogP contribution in [0.25, 0.3) is 5.57 Å². The zero-order valence-electron chi connectivity index (χ0n) is 16.6. The lowest BCUT2D eigenvalue weighted by atomic mass is 9.92. The minimum atomic E-state index is -1.41. The van der Waals surface area contributed by atoms with Crippen LogP contribution in [0.15, 0.2) is 25.8 Å². The van der Waals surface area contributed by atoms with Gasteiger partial charge in [0.15, 0.2) is 10.8 Å². The topological polar surface area (TPSA) is 181 Å². The van der Waals surface area contributed by atoms with E-state index in [0.717, 1.165) is 16.2 Å². The number of nitrogens with zero attached hydrogens (tertiary/aromatic N) is 3. The van der Waals surface area contributed by atoms with Crippen LogP contribution >= 0.6 is 23.1 Å². The van der Waals surface area contributed by atoms with Crippen molar-refractivity contribution >= 4 is 57.3 Å². The third kappa shape index (κ3) is 3.18. The summed E-state index contributed by atoms with van der Waals surface area (Å²) in [7, 11) is 1.24. The minimum Gasteiger partial charge on any atom is -0.477 e. The van der Waals surface area contributed by atoms with Crippen molar-refractivity contribution in [1.82, 2.24) is 15.2 Å². The van der Waals surface area contributed by atoms with Crippen LogP contribution in [0.2, 0.25) is 0 Å². The fraction of sp³-hybridized carbons (Fsp3) is 0.278. The average Bonchev–Trinajstić information content (AvgIpc) is 3.20. The minimum absolute atomic E-state index is 0.0364. The number of oxime groups is 1. The monoisotopic (exact) mass is 477 g/mol. The van der Waals surface area contributed by atoms with Crippen molar-refractivity contribution < 1.29 is 24.3 Å². The molecular weight excluding hydrogens is 462 g/mol. The van der Waals surface area contributed by atoms with E-state index in [4.69, 9.17) is 10.6 Å². The Bertz CT molecular complexity index is 1300. The number of aliphatic carboxylic acids is 1. The van der Waals surface area contributed by atoms with Crippen molar-refractivity contribution in [3.05, 3.63) is 48.3 Å². The fourth-order valence-corrected chi connectivity index (χ4v) is 5.48. The van der Waals surface area contributed by atoms with Gasteiger partial charge in [0.25, 0.3) is 11.8 Å². The number of fused-ring (bicyclic) bond motifs is 1. The number of nitrogens with two attached hydrogens (primary N) is 1. The van der Waals surface area contributed by atoms with E-state index in [1.807, 2.05) is 0 Å². The number of carbonyl (C=O) groups is 3. The smallest absolute Gasteiger partial charge is 0.352 e. The molecule has 1 unspecified atom stereocenters. The second-order valence-corrected chi connectivity index (χ2v) is 8.84. The van der Waals surface area contributed by atoms with E-state index in [1.165, 1.54) is 31.2 Å². The van der Waals surface area contributed by atoms with Crippen molar-refractivity contribution in [2.45, 2.75) is 18.3 Å². The van der Waals surface area contributed by atoms with Crippen LogP contribution in [-0.2, 0) is 19.2 Å². The number of aromatic nitrogens is 1. The molecule has 0 bridgehead atoms. The van der Waals surface area contributed by atoms with Gasteiger partial charge in [-0.1, -0.05) is 5.16 Å². The number of thioether (sulfide) groups is 1. The van der Waals surface area contributed by atoms with Gasteiger partial charge in [-0.2, -0.15) is 0 Å². The van der Waals surface area contributed by atoms with Crippen LogP contribution in [-0.4, -0.2) is 62.8 Å². The van der Waals surface area contributed by atoms with Crippen molar-refractivity contribution in [3.63, 3.8) is 0 Å². The first-order valence-corrected chi connectivity index (χ1v) is 10.9. The van der Waals surface area contributed by atoms with Crippen molar-refractivity contribution in [2.75, 3.05) is 18.6 Å². The maximum atomic E-state index is 12.8. The molecule has 2 aromatic rings. The molecule has 4 rings (SSSR count). The number of nitrogens with one attached hydrogen (secondary N) is 1. The maximum Gasteiger partial charge on any atom is 0.352 e. The molecule has 1 aromatic heterocycles. The first-order valence-electron chi connectivity index (χ1n) is 9.02. The molecule has 1 aromatic carbocycles. The van der Waals surface area contributed by atoms with Gasteiger partial charge in [0.2, 0.25) is 10.9 Å². The van der Waals surface area contributed by atoms with Crippen LogP contribution in [0.3, 0.4) is 0 Å². The van der Waals surface area contributed by atoms with E-state index < -0.39 is 40.1 Å². The fourth-order valence-electron chi connectivity index (χ4n) is 3.58. The van der Waals surface area contributed by atoms with Gasteiger partial charge in [0.1, 0.15) is 29.9 Å². The Morgan fingerprint density at radius 1 is 1.34 bits per heavy atom. The Morgan fingerprint density at radius 2 is 2.06 bits per heavy atom. The highest BCUT2D eigenvalue weighted by Crippen LogP contribution is 2.43. The van der Waals surface area contributed by atoms with Gasteiger partial charge in [-0.05, 0) is 6.92 Å². The molecular formula is C18H15N5O7S2. The molecule has 2 aliphatic rings. The largest absolute Gasteiger partial charge is 0.477 e. The van der Waals surface area contributed by atoms with Crippen LogP contribution in [0, 0.1) is 6.92 Å². The molecule has 0 spiro atoms. The lowest BCUT2D eigenvalue weighted by Gasteiger charge is -2.49. The quantitative estimate of drug-likeness (QED) is 0.199. The van der Waals surface area contributed by atoms with Gasteiger partial charge in [0, 0.05) is 27.8 Å². The molecule has 0 radical (unpaired) electrons. The molecule has 14 heteroatoms. The zero-order chi connectivity index (χ0) is 23.3. The molecule has 0 saturated carbocycles. The number of carbonyl (C=O) groups excluding carboxylic acids is 2. The molecule has 1 saturated heterocycles. The van der Waals surface area contributed by atoms with Crippen LogP contribution in [0.4, 0.5) is 5.13 Å². The lowest BCUT2D eigenvalue weighted by Crippen LogP contribution is -2.71. The third-order valence-electron chi connectivity index (χ3n) is 5.07. The number of thiazole rings is 1. The highest BCUT2D eigenvalue weighted by atomic mass is 32.2. The summed E-state index contributed by atoms with van der Waals surface area (Å²) in [5.74, 6) is -2.75. The molecule has 166 valence electrons. The molecule has 2 amide bonds. The Morgan fingerprint density at radius 3 is 2.62 bits per heavy atom. The van der Waals surface area contributed by atoms with E-state index in [9.17, 15) is 29.1 Å². The summed E-state index contributed by atoms with van der Waals surface area (Å²) in [5, 5.41) is 16.9. The highest BCUT2D eigenvalue weighted by Gasteiger charge is 2.55. The van der Waals surface area contributed by atoms with Crippen LogP contribution in [0.1, 0.15) is 16.8 Å². The first kappa shape index (κ1) is 21.7. The van der Waals surface area contributed by atoms with Gasteiger partial charge in [-0.25, -0.2) is 9.78 Å². The van der Waals surface area contributed by atoms with Gasteiger partial charge in [0.05, 0.1) is 0 Å². The number of nitrogen functional groups attached to an aromatic ring is 1. The Kier molecular flexibility index (Phi) is 5.34. The van der Waals surface area contributed by atoms with E-state index in [2.05, 4.69) is 15.5 Å². The molecule has 0 aliphatic carbocycles. The number of rotatable bonds is 6. The third-order valence-corrected chi connectivity index (χ3v) is 7.02. The van der Waals surface area contributed by atoms with E-state index in [-0.39, 0.29) is 44.7 Å². The average molecular weight is 477 g/mol. The Balaban J connectivity index is 1.60. The standard InChI is InChI=1S/C18H15N5O7S2/c1-5-8(13(25)12(5)24)6-3-31-16-10(15(27)23(16)11(6)17(28)29)21-14(26)9(22-30-2)7-4-32-18(19)20-7/h4,10,16H,3H2,1-2H3,(H2,19,20)(H,21,26)(H,28,29)/t10?,16-/m0/s1. The predicted octanol–water partition coefficient (Wildman–Crippen LogP) is -1.12. The number of carboxylic acids is 1. The SMILES string of the molecule is CON=C(C(=O)NC1C(=O)N2C(C(=O)O)=C(c3c(C)c(=O)c3=O)CS[C@@H]12)c1csc(N)n1. The summed E-state index contributed by atoms with van der Waals surface area (Å²) in [6.45, 7) is 1.44. The number of amides is 2. The first-order chi connectivity index (χ1) is 15.2. The summed E-state index contributed by atoms with van der Waals surface area (Å²) in [5.41, 5.74) is 4.09. The maximum absolute atomic E-state index is 12.8. The zero-order valence-corrected chi connectivity index (χ0v) is 18.2. The molecule has 3 heterocycles. The lowest BCUT2D eigenvalue weighted by molar-refractivity contribution is -0.149. The summed E-state index contributed by atoms with van der Waals surface area (Å²) < 4.78 is 0. The highest BCUT2D eigenvalue weighted by molar-refractivity contribution is 8.00. The van der Waals surface area contributed by atoms with E-state index in [1.54, 1.807) is 0 Å². The van der Waals surface area contributed by atoms with Crippen molar-refractivity contribution in [3.8, 4) is 0 Å². The molecule has 2 atom stereocenters. The molecule has 4 N–H and O–H groups in total. The number of hydrogen-bond donors (Lipinski definition) is 3. The summed E-state index contributed by atoms with van der Waals surface area (Å²) >= 11 is 2.26. The van der Waals surface area contributed by atoms with Crippen molar-refractivity contribution in [2.24, 2.45) is 5.16 Å². The van der Waals surface area contributed by atoms with Gasteiger partial charge < -0.3 is 21.0 Å². The second kappa shape index (κ2) is 7.87. The Labute approximate surface area is 187 Å². The summed E-state index contributed by atoms with van der Waals surface area (Å²) in [4.78, 5) is 70.7. The summed E-state index contributed by atoms with van der Waals surface area (Å²) in [6, 6.07) is -1.03. The van der Waals surface area contributed by atoms with Crippen LogP contribution < -0.4 is 21.9 Å². The van der Waals surface area contributed by atoms with Gasteiger partial charge in [-0.15, -0.1) is 23.1 Å². The van der Waals surface area contributed by atoms with E-state index in [0.29, 0.717) is 0 Å². The molecule has 1 fully saturated rings. The van der Waals surface area contributed by atoms with Crippen molar-refractivity contribution in [1.29, 1.82) is 0 Å². The summed E-state index contributed by atoms with van der Waals surface area (Å²) in [6.07, 6.45) is 0. The van der Waals surface area contributed by atoms with E-state index >= 15 is 0 Å². The molecule has 12 nitrogen and oxygen atoms in total.